The topological polar surface area (TPSA) is 73.7 Å². The molecule has 7 heteroatoms. The molecule has 0 unspecified atom stereocenters. The van der Waals surface area contributed by atoms with E-state index in [-0.39, 0.29) is 17.9 Å². The van der Waals surface area contributed by atoms with Crippen molar-refractivity contribution in [3.05, 3.63) is 81.4 Å². The van der Waals surface area contributed by atoms with Crippen LogP contribution in [0.1, 0.15) is 53.3 Å². The van der Waals surface area contributed by atoms with Gasteiger partial charge in [0.05, 0.1) is 0 Å². The first-order chi connectivity index (χ1) is 16.4. The lowest BCUT2D eigenvalue weighted by molar-refractivity contribution is -0.129. The Morgan fingerprint density at radius 3 is 2.91 bits per heavy atom. The van der Waals surface area contributed by atoms with E-state index in [0.29, 0.717) is 35.8 Å². The zero-order chi connectivity index (χ0) is 24.2. The fraction of sp³-hybridized carbons (Fsp3) is 0.444. The molecule has 1 atom stereocenters. The third-order valence-electron chi connectivity index (χ3n) is 6.79. The monoisotopic (exact) mass is 461 g/mol. The molecular weight excluding hydrogens is 426 g/mol. The van der Waals surface area contributed by atoms with E-state index in [1.54, 1.807) is 22.5 Å². The highest BCUT2D eigenvalue weighted by molar-refractivity contribution is 5.76. The number of hydrogen-bond acceptors (Lipinski definition) is 4. The number of fused-ring (bicyclic) bond motifs is 1. The molecule has 0 bridgehead atoms. The van der Waals surface area contributed by atoms with Gasteiger partial charge in [-0.2, -0.15) is 0 Å². The smallest absolute Gasteiger partial charge is 0.276 e. The van der Waals surface area contributed by atoms with E-state index < -0.39 is 0 Å². The van der Waals surface area contributed by atoms with Crippen molar-refractivity contribution in [2.24, 2.45) is 0 Å². The lowest BCUT2D eigenvalue weighted by Gasteiger charge is -2.32. The van der Waals surface area contributed by atoms with Crippen molar-refractivity contribution in [3.8, 4) is 0 Å². The quantitative estimate of drug-likeness (QED) is 0.520. The molecule has 1 aliphatic rings. The molecule has 1 aliphatic heterocycles. The molecule has 1 saturated heterocycles. The summed E-state index contributed by atoms with van der Waals surface area (Å²) in [5.74, 6) is 0.324. The van der Waals surface area contributed by atoms with Crippen LogP contribution in [-0.2, 0) is 17.8 Å². The number of likely N-dealkylation sites (N-methyl/N-ethyl adjacent to an activating group) is 1. The molecule has 1 fully saturated rings. The van der Waals surface area contributed by atoms with Gasteiger partial charge in [0, 0.05) is 62.0 Å². The van der Waals surface area contributed by atoms with E-state index in [9.17, 15) is 9.59 Å². The number of carbonyl (C=O) groups is 1. The highest BCUT2D eigenvalue weighted by atomic mass is 16.2. The van der Waals surface area contributed by atoms with Gasteiger partial charge < -0.3 is 4.90 Å². The molecule has 0 spiro atoms. The predicted molar refractivity (Wildman–Crippen MR) is 135 cm³/mol. The molecule has 7 nitrogen and oxygen atoms in total. The fourth-order valence-corrected chi connectivity index (χ4v) is 4.93. The first kappa shape index (κ1) is 24.0. The molecule has 3 aromatic rings. The molecule has 4 rings (SSSR count). The average Bonchev–Trinajstić information content (AvgIpc) is 3.23. The summed E-state index contributed by atoms with van der Waals surface area (Å²) in [5.41, 5.74) is 5.50. The molecule has 34 heavy (non-hydrogen) atoms. The summed E-state index contributed by atoms with van der Waals surface area (Å²) < 4.78 is 1.55. The van der Waals surface area contributed by atoms with Gasteiger partial charge in [-0.05, 0) is 45.2 Å². The number of aromatic amines is 1. The van der Waals surface area contributed by atoms with Gasteiger partial charge in [-0.3, -0.25) is 19.6 Å². The third kappa shape index (κ3) is 5.30. The van der Waals surface area contributed by atoms with Crippen LogP contribution in [0.25, 0.3) is 5.65 Å². The van der Waals surface area contributed by atoms with Crippen molar-refractivity contribution in [2.45, 2.75) is 52.0 Å². The number of amides is 1. The second-order valence-electron chi connectivity index (χ2n) is 9.51. The second kappa shape index (κ2) is 10.4. The lowest BCUT2D eigenvalue weighted by Crippen LogP contribution is -2.34. The number of benzene rings is 1. The van der Waals surface area contributed by atoms with Gasteiger partial charge in [0.25, 0.3) is 5.56 Å². The number of aromatic nitrogens is 3. The van der Waals surface area contributed by atoms with Crippen LogP contribution in [0.2, 0.25) is 0 Å². The summed E-state index contributed by atoms with van der Waals surface area (Å²) in [6.07, 6.45) is 4.56. The molecular formula is C27H35N5O2. The van der Waals surface area contributed by atoms with Gasteiger partial charge in [-0.1, -0.05) is 35.9 Å². The Morgan fingerprint density at radius 2 is 2.15 bits per heavy atom. The van der Waals surface area contributed by atoms with Crippen molar-refractivity contribution in [3.63, 3.8) is 0 Å². The van der Waals surface area contributed by atoms with Gasteiger partial charge in [0.15, 0.2) is 5.65 Å². The Kier molecular flexibility index (Phi) is 7.32. The molecule has 0 aliphatic carbocycles. The van der Waals surface area contributed by atoms with E-state index >= 15 is 0 Å². The minimum atomic E-state index is -0.111. The maximum atomic E-state index is 13.2. The van der Waals surface area contributed by atoms with Crippen LogP contribution < -0.4 is 5.56 Å². The summed E-state index contributed by atoms with van der Waals surface area (Å²) in [4.78, 5) is 34.3. The first-order valence-corrected chi connectivity index (χ1v) is 12.1. The SMILES string of the molecule is C=CCN(C)C(=O)CCc1c(C)nc2cc([C@H]3CCCN(Cc4cccc(C)c4)C3)[nH]n2c1=O. The minimum absolute atomic E-state index is 0.00752. The molecule has 2 aromatic heterocycles. The number of nitrogens with zero attached hydrogens (tertiary/aromatic N) is 4. The molecule has 1 aromatic carbocycles. The van der Waals surface area contributed by atoms with Crippen LogP contribution >= 0.6 is 0 Å². The summed E-state index contributed by atoms with van der Waals surface area (Å²) >= 11 is 0. The molecule has 180 valence electrons. The maximum Gasteiger partial charge on any atom is 0.276 e. The molecule has 1 amide bonds. The summed E-state index contributed by atoms with van der Waals surface area (Å²) in [6, 6.07) is 10.7. The lowest BCUT2D eigenvalue weighted by atomic mass is 9.94. The first-order valence-electron chi connectivity index (χ1n) is 12.1. The number of hydrogen-bond donors (Lipinski definition) is 1. The van der Waals surface area contributed by atoms with Crippen LogP contribution in [0.3, 0.4) is 0 Å². The van der Waals surface area contributed by atoms with Crippen LogP contribution in [0.5, 0.6) is 0 Å². The summed E-state index contributed by atoms with van der Waals surface area (Å²) in [6.45, 7) is 11.1. The molecule has 0 saturated carbocycles. The van der Waals surface area contributed by atoms with Crippen molar-refractivity contribution >= 4 is 11.6 Å². The van der Waals surface area contributed by atoms with Crippen molar-refractivity contribution in [1.29, 1.82) is 0 Å². The zero-order valence-corrected chi connectivity index (χ0v) is 20.5. The number of carbonyl (C=O) groups excluding carboxylic acids is 1. The van der Waals surface area contributed by atoms with Gasteiger partial charge in [-0.25, -0.2) is 9.50 Å². The average molecular weight is 462 g/mol. The number of piperidine rings is 1. The number of aryl methyl sites for hydroxylation is 2. The Labute approximate surface area is 201 Å². The molecule has 1 N–H and O–H groups in total. The fourth-order valence-electron chi connectivity index (χ4n) is 4.93. The van der Waals surface area contributed by atoms with Crippen molar-refractivity contribution in [1.82, 2.24) is 24.4 Å². The van der Waals surface area contributed by atoms with Crippen LogP contribution in [-0.4, -0.2) is 57.0 Å². The van der Waals surface area contributed by atoms with Gasteiger partial charge in [-0.15, -0.1) is 6.58 Å². The minimum Gasteiger partial charge on any atom is -0.342 e. The third-order valence-corrected chi connectivity index (χ3v) is 6.79. The Hall–Kier alpha value is -3.19. The highest BCUT2D eigenvalue weighted by Crippen LogP contribution is 2.27. The number of rotatable bonds is 8. The second-order valence-corrected chi connectivity index (χ2v) is 9.51. The van der Waals surface area contributed by atoms with E-state index in [1.807, 2.05) is 13.0 Å². The van der Waals surface area contributed by atoms with Crippen LogP contribution in [0, 0.1) is 13.8 Å². The Morgan fingerprint density at radius 1 is 1.32 bits per heavy atom. The predicted octanol–water partition coefficient (Wildman–Crippen LogP) is 3.60. The summed E-state index contributed by atoms with van der Waals surface area (Å²) in [5, 5.41) is 3.33. The van der Waals surface area contributed by atoms with E-state index in [2.05, 4.69) is 52.8 Å². The van der Waals surface area contributed by atoms with E-state index in [1.165, 1.54) is 11.1 Å². The molecule has 3 heterocycles. The standard InChI is InChI=1S/C27H35N5O2/c1-5-13-30(4)26(33)12-11-23-20(3)28-25-16-24(29-32(25)27(23)34)22-10-7-14-31(18-22)17-21-9-6-8-19(2)15-21/h5-6,8-9,15-16,22,29H,1,7,10-14,17-18H2,2-4H3/t22-/m0/s1. The van der Waals surface area contributed by atoms with E-state index in [0.717, 1.165) is 38.2 Å². The zero-order valence-electron chi connectivity index (χ0n) is 20.5. The van der Waals surface area contributed by atoms with Gasteiger partial charge in [0.1, 0.15) is 0 Å². The Bertz CT molecular complexity index is 1240. The number of likely N-dealkylation sites (tertiary alicyclic amines) is 1. The van der Waals surface area contributed by atoms with Gasteiger partial charge in [0.2, 0.25) is 5.91 Å². The van der Waals surface area contributed by atoms with Crippen molar-refractivity contribution in [2.75, 3.05) is 26.7 Å². The normalized spacial score (nSPS) is 16.6. The van der Waals surface area contributed by atoms with E-state index in [4.69, 9.17) is 0 Å². The largest absolute Gasteiger partial charge is 0.342 e. The van der Waals surface area contributed by atoms with Crippen LogP contribution in [0.15, 0.2) is 47.8 Å². The number of nitrogens with one attached hydrogen (secondary N) is 1. The van der Waals surface area contributed by atoms with Crippen LogP contribution in [0.4, 0.5) is 0 Å². The summed E-state index contributed by atoms with van der Waals surface area (Å²) in [7, 11) is 1.74. The maximum absolute atomic E-state index is 13.2. The number of H-pyrrole nitrogens is 1. The van der Waals surface area contributed by atoms with Gasteiger partial charge >= 0.3 is 0 Å². The Balaban J connectivity index is 1.50. The van der Waals surface area contributed by atoms with Crippen molar-refractivity contribution < 1.29 is 4.79 Å². The molecule has 0 radical (unpaired) electrons. The highest BCUT2D eigenvalue weighted by Gasteiger charge is 2.24.